The summed E-state index contributed by atoms with van der Waals surface area (Å²) in [5.74, 6) is 1.90. The quantitative estimate of drug-likeness (QED) is 0.737. The number of hydrogen-bond acceptors (Lipinski definition) is 5. The SMILES string of the molecule is Cc1ccc2c(c1)OC[C@H]1O[C@@H]3COc4cc(C)ccc4N3CCN21. The normalized spacial score (nSPS) is 24.1. The molecule has 0 amide bonds. The Morgan fingerprint density at radius 3 is 1.72 bits per heavy atom. The standard InChI is InChI=1S/C20H22N2O3/c1-13-3-5-15-17(9-13)23-11-19-21(15)7-8-22-16-6-4-14(2)10-18(16)24-12-20(22)25-19/h3-6,9-10,19-20H,7-8,11-12H2,1-2H3/t19-,20-/m1/s1. The van der Waals surface area contributed by atoms with Crippen molar-refractivity contribution in [2.45, 2.75) is 26.3 Å². The van der Waals surface area contributed by atoms with Crippen molar-refractivity contribution in [1.29, 1.82) is 0 Å². The summed E-state index contributed by atoms with van der Waals surface area (Å²) in [7, 11) is 0. The number of ether oxygens (including phenoxy) is 3. The van der Waals surface area contributed by atoms with Gasteiger partial charge in [-0.15, -0.1) is 0 Å². The van der Waals surface area contributed by atoms with E-state index in [0.29, 0.717) is 13.2 Å². The molecule has 5 heteroatoms. The van der Waals surface area contributed by atoms with Gasteiger partial charge in [0.05, 0.1) is 11.4 Å². The molecule has 0 aliphatic carbocycles. The number of benzene rings is 2. The van der Waals surface area contributed by atoms with Crippen LogP contribution in [0.5, 0.6) is 11.5 Å². The molecule has 3 aliphatic heterocycles. The monoisotopic (exact) mass is 338 g/mol. The Labute approximate surface area is 147 Å². The molecule has 1 saturated heterocycles. The summed E-state index contributed by atoms with van der Waals surface area (Å²) < 4.78 is 18.3. The Bertz CT molecular complexity index is 755. The fourth-order valence-electron chi connectivity index (χ4n) is 3.91. The van der Waals surface area contributed by atoms with Crippen LogP contribution in [0.3, 0.4) is 0 Å². The van der Waals surface area contributed by atoms with Crippen molar-refractivity contribution in [2.75, 3.05) is 36.1 Å². The second-order valence-electron chi connectivity index (χ2n) is 7.00. The van der Waals surface area contributed by atoms with Crippen molar-refractivity contribution in [3.63, 3.8) is 0 Å². The maximum atomic E-state index is 6.40. The van der Waals surface area contributed by atoms with Crippen molar-refractivity contribution in [1.82, 2.24) is 0 Å². The van der Waals surface area contributed by atoms with Crippen LogP contribution < -0.4 is 19.3 Å². The van der Waals surface area contributed by atoms with Crippen molar-refractivity contribution >= 4 is 11.4 Å². The second-order valence-corrected chi connectivity index (χ2v) is 7.00. The molecule has 2 atom stereocenters. The van der Waals surface area contributed by atoms with Gasteiger partial charge in [-0.05, 0) is 49.2 Å². The lowest BCUT2D eigenvalue weighted by Gasteiger charge is -2.38. The summed E-state index contributed by atoms with van der Waals surface area (Å²) in [4.78, 5) is 4.65. The third-order valence-electron chi connectivity index (χ3n) is 5.20. The van der Waals surface area contributed by atoms with E-state index in [2.05, 4.69) is 60.0 Å². The van der Waals surface area contributed by atoms with E-state index in [1.54, 1.807) is 0 Å². The van der Waals surface area contributed by atoms with E-state index in [1.807, 2.05) is 0 Å². The molecule has 5 rings (SSSR count). The third kappa shape index (κ3) is 2.42. The zero-order chi connectivity index (χ0) is 17.0. The van der Waals surface area contributed by atoms with Gasteiger partial charge in [-0.2, -0.15) is 0 Å². The largest absolute Gasteiger partial charge is 0.487 e. The predicted molar refractivity (Wildman–Crippen MR) is 96.7 cm³/mol. The van der Waals surface area contributed by atoms with Gasteiger partial charge in [0.25, 0.3) is 0 Å². The van der Waals surface area contributed by atoms with Crippen molar-refractivity contribution in [3.05, 3.63) is 47.5 Å². The van der Waals surface area contributed by atoms with Gasteiger partial charge >= 0.3 is 0 Å². The van der Waals surface area contributed by atoms with Gasteiger partial charge < -0.3 is 24.0 Å². The maximum Gasteiger partial charge on any atom is 0.167 e. The zero-order valence-electron chi connectivity index (χ0n) is 14.6. The molecule has 130 valence electrons. The van der Waals surface area contributed by atoms with Crippen LogP contribution >= 0.6 is 0 Å². The highest BCUT2D eigenvalue weighted by Gasteiger charge is 2.38. The van der Waals surface area contributed by atoms with Gasteiger partial charge in [-0.25, -0.2) is 0 Å². The highest BCUT2D eigenvalue weighted by Crippen LogP contribution is 2.40. The minimum absolute atomic E-state index is 0.0826. The summed E-state index contributed by atoms with van der Waals surface area (Å²) in [5.41, 5.74) is 4.66. The first kappa shape index (κ1) is 14.9. The van der Waals surface area contributed by atoms with Crippen molar-refractivity contribution in [2.24, 2.45) is 0 Å². The molecular weight excluding hydrogens is 316 g/mol. The summed E-state index contributed by atoms with van der Waals surface area (Å²) in [5, 5.41) is 0. The minimum atomic E-state index is -0.0826. The van der Waals surface area contributed by atoms with E-state index in [0.717, 1.165) is 36.0 Å². The Morgan fingerprint density at radius 2 is 1.24 bits per heavy atom. The first-order valence-corrected chi connectivity index (χ1v) is 8.85. The fourth-order valence-corrected chi connectivity index (χ4v) is 3.91. The molecule has 2 aromatic rings. The van der Waals surface area contributed by atoms with Crippen molar-refractivity contribution < 1.29 is 14.2 Å². The number of nitrogens with zero attached hydrogens (tertiary/aromatic N) is 2. The summed E-state index contributed by atoms with van der Waals surface area (Å²) in [6.45, 7) is 7.06. The van der Waals surface area contributed by atoms with Crippen LogP contribution in [-0.4, -0.2) is 38.8 Å². The van der Waals surface area contributed by atoms with Gasteiger partial charge in [0.15, 0.2) is 12.5 Å². The molecular formula is C20H22N2O3. The molecule has 0 unspecified atom stereocenters. The molecule has 0 N–H and O–H groups in total. The van der Waals surface area contributed by atoms with E-state index < -0.39 is 0 Å². The molecule has 0 bridgehead atoms. The van der Waals surface area contributed by atoms with Crippen LogP contribution in [0.15, 0.2) is 36.4 Å². The number of rotatable bonds is 0. The highest BCUT2D eigenvalue weighted by atomic mass is 16.6. The van der Waals surface area contributed by atoms with Gasteiger partial charge in [-0.1, -0.05) is 12.1 Å². The number of anilines is 2. The van der Waals surface area contributed by atoms with E-state index in [-0.39, 0.29) is 12.5 Å². The van der Waals surface area contributed by atoms with E-state index in [1.165, 1.54) is 11.1 Å². The molecule has 0 radical (unpaired) electrons. The molecule has 5 nitrogen and oxygen atoms in total. The van der Waals surface area contributed by atoms with Crippen LogP contribution in [0.1, 0.15) is 11.1 Å². The van der Waals surface area contributed by atoms with Gasteiger partial charge in [0.2, 0.25) is 0 Å². The van der Waals surface area contributed by atoms with Gasteiger partial charge in [0, 0.05) is 13.1 Å². The molecule has 0 saturated carbocycles. The Kier molecular flexibility index (Phi) is 3.31. The summed E-state index contributed by atoms with van der Waals surface area (Å²) in [6, 6.07) is 12.7. The lowest BCUT2D eigenvalue weighted by molar-refractivity contribution is -0.0528. The zero-order valence-corrected chi connectivity index (χ0v) is 14.6. The molecule has 0 aromatic heterocycles. The molecule has 0 spiro atoms. The Balaban J connectivity index is 1.48. The topological polar surface area (TPSA) is 34.2 Å². The van der Waals surface area contributed by atoms with E-state index in [4.69, 9.17) is 14.2 Å². The third-order valence-corrected chi connectivity index (χ3v) is 5.20. The van der Waals surface area contributed by atoms with E-state index >= 15 is 0 Å². The maximum absolute atomic E-state index is 6.40. The van der Waals surface area contributed by atoms with Crippen LogP contribution in [0, 0.1) is 13.8 Å². The number of fused-ring (bicyclic) bond motifs is 6. The van der Waals surface area contributed by atoms with Crippen LogP contribution in [0.4, 0.5) is 11.4 Å². The first-order chi connectivity index (χ1) is 12.2. The first-order valence-electron chi connectivity index (χ1n) is 8.85. The van der Waals surface area contributed by atoms with Crippen molar-refractivity contribution in [3.8, 4) is 11.5 Å². The number of hydrogen-bond donors (Lipinski definition) is 0. The van der Waals surface area contributed by atoms with Gasteiger partial charge in [-0.3, -0.25) is 0 Å². The lowest BCUT2D eigenvalue weighted by Crippen LogP contribution is -2.48. The average molecular weight is 338 g/mol. The lowest BCUT2D eigenvalue weighted by atomic mass is 10.1. The van der Waals surface area contributed by atoms with Gasteiger partial charge in [0.1, 0.15) is 24.7 Å². The predicted octanol–water partition coefficient (Wildman–Crippen LogP) is 3.08. The van der Waals surface area contributed by atoms with E-state index in [9.17, 15) is 0 Å². The summed E-state index contributed by atoms with van der Waals surface area (Å²) in [6.07, 6.45) is -0.165. The Morgan fingerprint density at radius 1 is 0.760 bits per heavy atom. The minimum Gasteiger partial charge on any atom is -0.487 e. The fraction of sp³-hybridized carbons (Fsp3) is 0.400. The second kappa shape index (κ2) is 5.56. The molecule has 3 aliphatic rings. The molecule has 3 heterocycles. The average Bonchev–Trinajstić information content (AvgIpc) is 2.80. The molecule has 1 fully saturated rings. The van der Waals surface area contributed by atoms with Crippen LogP contribution in [0.2, 0.25) is 0 Å². The molecule has 2 aromatic carbocycles. The Hall–Kier alpha value is -2.40. The van der Waals surface area contributed by atoms with Crippen LogP contribution in [-0.2, 0) is 4.74 Å². The summed E-state index contributed by atoms with van der Waals surface area (Å²) >= 11 is 0. The highest BCUT2D eigenvalue weighted by molar-refractivity contribution is 5.64. The smallest absolute Gasteiger partial charge is 0.167 e. The van der Waals surface area contributed by atoms with Crippen LogP contribution in [0.25, 0.3) is 0 Å². The number of aryl methyl sites for hydroxylation is 2. The molecule has 25 heavy (non-hydrogen) atoms.